The summed E-state index contributed by atoms with van der Waals surface area (Å²) >= 11 is 0. The van der Waals surface area contributed by atoms with Crippen LogP contribution < -0.4 is 61.9 Å². The summed E-state index contributed by atoms with van der Waals surface area (Å²) in [5.74, 6) is 3.38. The minimum absolute atomic E-state index is 0.204. The first-order chi connectivity index (χ1) is 40.7. The zero-order valence-corrected chi connectivity index (χ0v) is 44.5. The van der Waals surface area contributed by atoms with E-state index in [1.54, 1.807) is 0 Å². The molecule has 382 valence electrons. The van der Waals surface area contributed by atoms with Crippen LogP contribution in [0.25, 0.3) is 21.5 Å². The van der Waals surface area contributed by atoms with Crippen molar-refractivity contribution in [1.29, 1.82) is 0 Å². The topological polar surface area (TPSA) is 31.4 Å². The van der Waals surface area contributed by atoms with Gasteiger partial charge in [0.15, 0.2) is 0 Å². The molecule has 4 aliphatic heterocycles. The number of benzene rings is 13. The first-order valence-corrected chi connectivity index (χ1v) is 28.1. The summed E-state index contributed by atoms with van der Waals surface area (Å²) in [4.78, 5) is 9.69. The fourth-order valence-electron chi connectivity index (χ4n) is 13.5. The number of hydrogen-bond acceptors (Lipinski definition) is 6. The molecule has 0 saturated heterocycles. The molecule has 0 radical (unpaired) electrons. The minimum Gasteiger partial charge on any atom is -0.458 e. The normalized spacial score (nSPS) is 13.0. The maximum Gasteiger partial charge on any atom is 0.256 e. The number of anilines is 12. The molecule has 0 aromatic heterocycles. The Bertz CT molecular complexity index is 4290. The third-order valence-electron chi connectivity index (χ3n) is 17.0. The summed E-state index contributed by atoms with van der Waals surface area (Å²) in [6.07, 6.45) is 0. The van der Waals surface area contributed by atoms with Crippen LogP contribution in [0, 0.1) is 0 Å². The third-order valence-corrected chi connectivity index (χ3v) is 17.0. The van der Waals surface area contributed by atoms with Gasteiger partial charge in [0.05, 0.1) is 11.4 Å². The molecule has 0 amide bonds. The van der Waals surface area contributed by atoms with Crippen LogP contribution in [0.3, 0.4) is 0 Å². The number of hydrogen-bond donors (Lipinski definition) is 0. The van der Waals surface area contributed by atoms with Crippen LogP contribution in [0.1, 0.15) is 0 Å². The molecule has 0 aliphatic carbocycles. The van der Waals surface area contributed by atoms with Crippen molar-refractivity contribution in [2.75, 3.05) is 19.6 Å². The number of fused-ring (bicyclic) bond motifs is 10. The summed E-state index contributed by atoms with van der Waals surface area (Å²) in [6.45, 7) is -0.409. The van der Waals surface area contributed by atoms with Crippen molar-refractivity contribution in [2.24, 2.45) is 0 Å². The molecule has 0 N–H and O–H groups in total. The maximum absolute atomic E-state index is 7.40. The van der Waals surface area contributed by atoms with Crippen molar-refractivity contribution >= 4 is 136 Å². The molecule has 82 heavy (non-hydrogen) atoms. The fraction of sp³-hybridized carbons (Fsp3) is 0. The monoisotopic (exact) mass is 1050 g/mol. The Balaban J connectivity index is 0.985. The second-order valence-corrected chi connectivity index (χ2v) is 21.6. The van der Waals surface area contributed by atoms with E-state index in [-0.39, 0.29) is 13.4 Å². The van der Waals surface area contributed by atoms with Crippen LogP contribution >= 0.6 is 0 Å². The highest BCUT2D eigenvalue weighted by atomic mass is 16.5. The standard InChI is InChI=1S/C74H48B2N4O2/c1-7-27-53(28-8-1)77(54-29-9-2-10-30-54)59-43-67-73-71(45-59)81-69-41-51-25-21-19-23-49(51)39-63(69)75(73)61-47-62-66(48-65(61)79(67)57-35-15-5-16-36-57)80(58-37-17-6-18-38-58)68-44-60(78(55-31-11-3-12-32-55)56-33-13-4-14-34-56)46-72-74(68)76(62)64-40-50-24-20-22-26-52(50)42-70(64)82-72/h1-48H. The molecule has 0 spiro atoms. The average molecular weight is 1050 g/mol. The SMILES string of the molecule is c1ccc(N(c2ccccc2)c2cc3c4c(c2)N(c2ccccc2)c2cc5c(cc2B4c2cc4ccccc4cc2O3)B2c3cc4ccccc4cc3Oc3cc(N(c4ccccc4)c4ccccc4)cc(c32)N5c2ccccc2)cc1. The molecule has 0 atom stereocenters. The van der Waals surface area contributed by atoms with Crippen LogP contribution in [0.4, 0.5) is 68.2 Å². The van der Waals surface area contributed by atoms with Crippen molar-refractivity contribution in [3.05, 3.63) is 291 Å². The lowest BCUT2D eigenvalue weighted by Crippen LogP contribution is -2.63. The number of rotatable bonds is 8. The van der Waals surface area contributed by atoms with Gasteiger partial charge >= 0.3 is 0 Å². The molecule has 0 unspecified atom stereocenters. The first-order valence-electron chi connectivity index (χ1n) is 28.1. The van der Waals surface area contributed by atoms with Crippen LogP contribution in [0.2, 0.25) is 0 Å². The van der Waals surface area contributed by atoms with Gasteiger partial charge in [-0.25, -0.2) is 0 Å². The molecule has 4 heterocycles. The van der Waals surface area contributed by atoms with Gasteiger partial charge in [-0.2, -0.15) is 0 Å². The van der Waals surface area contributed by atoms with Crippen LogP contribution in [-0.4, -0.2) is 13.4 Å². The Hall–Kier alpha value is -10.7. The van der Waals surface area contributed by atoms with E-state index >= 15 is 0 Å². The molecule has 0 saturated carbocycles. The van der Waals surface area contributed by atoms with E-state index in [1.165, 1.54) is 21.7 Å². The van der Waals surface area contributed by atoms with E-state index in [0.717, 1.165) is 124 Å². The van der Waals surface area contributed by atoms with Gasteiger partial charge < -0.3 is 29.1 Å². The zero-order valence-electron chi connectivity index (χ0n) is 44.5. The lowest BCUT2D eigenvalue weighted by Gasteiger charge is -2.45. The second-order valence-electron chi connectivity index (χ2n) is 21.6. The molecule has 13 aromatic carbocycles. The number of ether oxygens (including phenoxy) is 2. The molecule has 4 aliphatic rings. The quantitative estimate of drug-likeness (QED) is 0.141. The van der Waals surface area contributed by atoms with Crippen molar-refractivity contribution in [1.82, 2.24) is 0 Å². The number of nitrogens with zero attached hydrogens (tertiary/aromatic N) is 4. The Morgan fingerprint density at radius 3 is 0.915 bits per heavy atom. The van der Waals surface area contributed by atoms with Crippen LogP contribution in [0.15, 0.2) is 291 Å². The van der Waals surface area contributed by atoms with Gasteiger partial charge in [0.25, 0.3) is 13.4 Å². The van der Waals surface area contributed by atoms with E-state index in [2.05, 4.69) is 311 Å². The molecule has 6 nitrogen and oxygen atoms in total. The summed E-state index contributed by atoms with van der Waals surface area (Å²) in [5.41, 5.74) is 19.5. The second kappa shape index (κ2) is 18.4. The van der Waals surface area contributed by atoms with Gasteiger partial charge in [0, 0.05) is 69.0 Å². The Kier molecular flexibility index (Phi) is 10.4. The summed E-state index contributed by atoms with van der Waals surface area (Å²) in [6, 6.07) is 105. The zero-order chi connectivity index (χ0) is 53.8. The maximum atomic E-state index is 7.40. The molecule has 8 heteroatoms. The highest BCUT2D eigenvalue weighted by molar-refractivity contribution is 7.02. The molecule has 13 aromatic rings. The molecule has 0 fully saturated rings. The largest absolute Gasteiger partial charge is 0.458 e. The summed E-state index contributed by atoms with van der Waals surface area (Å²) in [7, 11) is 0. The molecular formula is C74H48B2N4O2. The first kappa shape index (κ1) is 46.2. The smallest absolute Gasteiger partial charge is 0.256 e. The summed E-state index contributed by atoms with van der Waals surface area (Å²) < 4.78 is 14.8. The fourth-order valence-corrected chi connectivity index (χ4v) is 13.5. The van der Waals surface area contributed by atoms with Gasteiger partial charge in [-0.1, -0.05) is 176 Å². The van der Waals surface area contributed by atoms with Crippen LogP contribution in [-0.2, 0) is 0 Å². The van der Waals surface area contributed by atoms with Gasteiger partial charge in [0.2, 0.25) is 0 Å². The third kappa shape index (κ3) is 7.24. The van der Waals surface area contributed by atoms with Crippen molar-refractivity contribution in [3.63, 3.8) is 0 Å². The van der Waals surface area contributed by atoms with Crippen molar-refractivity contribution < 1.29 is 9.47 Å². The van der Waals surface area contributed by atoms with Gasteiger partial charge in [-0.3, -0.25) is 0 Å². The van der Waals surface area contributed by atoms with Crippen molar-refractivity contribution in [2.45, 2.75) is 0 Å². The predicted molar refractivity (Wildman–Crippen MR) is 343 cm³/mol. The van der Waals surface area contributed by atoms with E-state index in [4.69, 9.17) is 9.47 Å². The highest BCUT2D eigenvalue weighted by Crippen LogP contribution is 2.50. The van der Waals surface area contributed by atoms with E-state index in [1.807, 2.05) is 0 Å². The van der Waals surface area contributed by atoms with Crippen molar-refractivity contribution in [3.8, 4) is 23.0 Å². The molecular weight excluding hydrogens is 998 g/mol. The van der Waals surface area contributed by atoms with Gasteiger partial charge in [-0.15, -0.1) is 0 Å². The molecule has 17 rings (SSSR count). The highest BCUT2D eigenvalue weighted by Gasteiger charge is 2.48. The number of para-hydroxylation sites is 6. The Morgan fingerprint density at radius 2 is 0.561 bits per heavy atom. The Labute approximate surface area is 476 Å². The minimum atomic E-state index is -0.204. The predicted octanol–water partition coefficient (Wildman–Crippen LogP) is 15.7. The van der Waals surface area contributed by atoms with E-state index in [0.29, 0.717) is 0 Å². The lowest BCUT2D eigenvalue weighted by atomic mass is 9.30. The lowest BCUT2D eigenvalue weighted by molar-refractivity contribution is 0.488. The average Bonchev–Trinajstić information content (AvgIpc) is 0.937. The molecule has 0 bridgehead atoms. The van der Waals surface area contributed by atoms with E-state index < -0.39 is 0 Å². The van der Waals surface area contributed by atoms with E-state index in [9.17, 15) is 0 Å². The van der Waals surface area contributed by atoms with Crippen LogP contribution in [0.5, 0.6) is 23.0 Å². The van der Waals surface area contributed by atoms with Gasteiger partial charge in [0.1, 0.15) is 23.0 Å². The Morgan fingerprint density at radius 1 is 0.244 bits per heavy atom. The van der Waals surface area contributed by atoms with Gasteiger partial charge in [-0.05, 0) is 157 Å². The summed E-state index contributed by atoms with van der Waals surface area (Å²) in [5, 5.41) is 4.61.